The number of carbonyl (C=O) groups is 1. The van der Waals surface area contributed by atoms with Gasteiger partial charge >= 0.3 is 0 Å². The zero-order valence-corrected chi connectivity index (χ0v) is 16.4. The zero-order chi connectivity index (χ0) is 19.0. The largest absolute Gasteiger partial charge is 0.341 e. The minimum Gasteiger partial charge on any atom is -0.341 e. The summed E-state index contributed by atoms with van der Waals surface area (Å²) in [5.74, 6) is 1.11. The highest BCUT2D eigenvalue weighted by Gasteiger charge is 2.42. The summed E-state index contributed by atoms with van der Waals surface area (Å²) in [5, 5.41) is 0. The Hall–Kier alpha value is -1.73. The van der Waals surface area contributed by atoms with Gasteiger partial charge in [-0.05, 0) is 45.4 Å². The first-order chi connectivity index (χ1) is 13.0. The Labute approximate surface area is 160 Å². The Morgan fingerprint density at radius 2 is 1.89 bits per heavy atom. The second kappa shape index (κ2) is 7.72. The van der Waals surface area contributed by atoms with Crippen LogP contribution < -0.4 is 16.4 Å². The molecule has 7 nitrogen and oxygen atoms in total. The number of nitrogens with one attached hydrogen (secondary N) is 2. The van der Waals surface area contributed by atoms with Crippen LogP contribution in [0.4, 0.5) is 0 Å². The number of likely N-dealkylation sites (tertiary alicyclic amines) is 1. The molecule has 148 valence electrons. The molecule has 1 saturated carbocycles. The highest BCUT2D eigenvalue weighted by atomic mass is 16.2. The number of nitrogens with zero attached hydrogens (tertiary/aromatic N) is 3. The van der Waals surface area contributed by atoms with E-state index in [0.29, 0.717) is 24.4 Å². The Morgan fingerprint density at radius 3 is 2.67 bits per heavy atom. The van der Waals surface area contributed by atoms with E-state index in [1.54, 1.807) is 10.9 Å². The Morgan fingerprint density at radius 1 is 1.15 bits per heavy atom. The topological polar surface area (TPSA) is 79.3 Å². The lowest BCUT2D eigenvalue weighted by atomic mass is 9.81. The fraction of sp³-hybridized carbons (Fsp3) is 0.750. The summed E-state index contributed by atoms with van der Waals surface area (Å²) in [4.78, 5) is 31.7. The van der Waals surface area contributed by atoms with E-state index >= 15 is 0 Å². The van der Waals surface area contributed by atoms with Gasteiger partial charge in [0, 0.05) is 42.9 Å². The first kappa shape index (κ1) is 18.6. The van der Waals surface area contributed by atoms with Crippen molar-refractivity contribution in [1.29, 1.82) is 0 Å². The van der Waals surface area contributed by atoms with Gasteiger partial charge in [-0.15, -0.1) is 0 Å². The van der Waals surface area contributed by atoms with Gasteiger partial charge < -0.3 is 4.90 Å². The van der Waals surface area contributed by atoms with Crippen LogP contribution >= 0.6 is 0 Å². The first-order valence-electron chi connectivity index (χ1n) is 10.4. The molecule has 2 saturated heterocycles. The van der Waals surface area contributed by atoms with Gasteiger partial charge in [0.25, 0.3) is 5.56 Å². The van der Waals surface area contributed by atoms with Crippen LogP contribution in [0.3, 0.4) is 0 Å². The normalized spacial score (nSPS) is 29.0. The summed E-state index contributed by atoms with van der Waals surface area (Å²) < 4.78 is 1.74. The van der Waals surface area contributed by atoms with Gasteiger partial charge in [-0.25, -0.2) is 10.4 Å². The molecule has 0 aromatic carbocycles. The van der Waals surface area contributed by atoms with Crippen molar-refractivity contribution < 1.29 is 4.79 Å². The molecule has 4 rings (SSSR count). The molecule has 1 aromatic rings. The number of piperidine rings is 1. The Bertz CT molecular complexity index is 753. The molecule has 0 spiro atoms. The lowest BCUT2D eigenvalue weighted by Crippen LogP contribution is -2.50. The van der Waals surface area contributed by atoms with Crippen molar-refractivity contribution in [3.05, 3.63) is 27.9 Å². The second-order valence-electron chi connectivity index (χ2n) is 8.50. The van der Waals surface area contributed by atoms with Crippen molar-refractivity contribution in [3.63, 3.8) is 0 Å². The summed E-state index contributed by atoms with van der Waals surface area (Å²) in [7, 11) is 0. The van der Waals surface area contributed by atoms with Gasteiger partial charge in [-0.1, -0.05) is 12.8 Å². The van der Waals surface area contributed by atoms with Crippen molar-refractivity contribution in [1.82, 2.24) is 25.3 Å². The molecule has 3 unspecified atom stereocenters. The molecule has 0 bridgehead atoms. The minimum absolute atomic E-state index is 0.0607. The van der Waals surface area contributed by atoms with Crippen molar-refractivity contribution in [2.24, 2.45) is 11.8 Å². The molecule has 27 heavy (non-hydrogen) atoms. The van der Waals surface area contributed by atoms with Crippen molar-refractivity contribution in [3.8, 4) is 0 Å². The lowest BCUT2D eigenvalue weighted by molar-refractivity contribution is -0.135. The molecule has 3 atom stereocenters. The fourth-order valence-corrected chi connectivity index (χ4v) is 4.90. The second-order valence-corrected chi connectivity index (χ2v) is 8.50. The monoisotopic (exact) mass is 373 g/mol. The molecule has 1 amide bonds. The molecular weight excluding hydrogens is 342 g/mol. The predicted molar refractivity (Wildman–Crippen MR) is 103 cm³/mol. The number of hydrogen-bond donors (Lipinski definition) is 2. The summed E-state index contributed by atoms with van der Waals surface area (Å²) in [6.45, 7) is 5.97. The van der Waals surface area contributed by atoms with E-state index in [-0.39, 0.29) is 17.5 Å². The highest BCUT2D eigenvalue weighted by molar-refractivity contribution is 5.82. The zero-order valence-electron chi connectivity index (χ0n) is 16.4. The predicted octanol–water partition coefficient (Wildman–Crippen LogP) is 1.13. The van der Waals surface area contributed by atoms with Crippen molar-refractivity contribution in [2.75, 3.05) is 13.1 Å². The number of fused-ring (bicyclic) bond motifs is 1. The van der Waals surface area contributed by atoms with Gasteiger partial charge in [0.2, 0.25) is 5.91 Å². The Balaban J connectivity index is 1.33. The van der Waals surface area contributed by atoms with E-state index < -0.39 is 0 Å². The smallest absolute Gasteiger partial charge is 0.256 e. The molecule has 1 aliphatic carbocycles. The number of aromatic nitrogens is 2. The van der Waals surface area contributed by atoms with Gasteiger partial charge in [0.1, 0.15) is 6.04 Å². The number of amides is 1. The standard InChI is InChI=1S/C20H31N5O2/c1-13-14(2)21-12-25(19(13)26)11-15-7-9-24(10-8-15)20(27)18-16-5-3-4-6-17(16)22-23-18/h12,15-18,22-23H,3-11H2,1-2H3. The maximum Gasteiger partial charge on any atom is 0.256 e. The lowest BCUT2D eigenvalue weighted by Gasteiger charge is -2.35. The van der Waals surface area contributed by atoms with Crippen LogP contribution in [0, 0.1) is 25.7 Å². The van der Waals surface area contributed by atoms with E-state index in [2.05, 4.69) is 15.8 Å². The molecule has 3 aliphatic rings. The fourth-order valence-electron chi connectivity index (χ4n) is 4.90. The first-order valence-corrected chi connectivity index (χ1v) is 10.4. The van der Waals surface area contributed by atoms with Crippen LogP contribution in [0.25, 0.3) is 0 Å². The molecule has 0 radical (unpaired) electrons. The van der Waals surface area contributed by atoms with Gasteiger partial charge in [0.15, 0.2) is 0 Å². The van der Waals surface area contributed by atoms with Crippen LogP contribution in [-0.4, -0.2) is 45.5 Å². The number of aryl methyl sites for hydroxylation is 1. The summed E-state index contributed by atoms with van der Waals surface area (Å²) >= 11 is 0. The van der Waals surface area contributed by atoms with E-state index in [4.69, 9.17) is 0 Å². The maximum absolute atomic E-state index is 13.0. The highest BCUT2D eigenvalue weighted by Crippen LogP contribution is 2.31. The summed E-state index contributed by atoms with van der Waals surface area (Å²) in [5.41, 5.74) is 8.21. The van der Waals surface area contributed by atoms with Crippen LogP contribution in [0.2, 0.25) is 0 Å². The number of hydrazine groups is 1. The summed E-state index contributed by atoms with van der Waals surface area (Å²) in [6, 6.07) is 0.382. The number of carbonyl (C=O) groups excluding carboxylic acids is 1. The average molecular weight is 374 g/mol. The molecular formula is C20H31N5O2. The third kappa shape index (κ3) is 3.67. The molecule has 2 N–H and O–H groups in total. The third-order valence-corrected chi connectivity index (χ3v) is 6.83. The number of rotatable bonds is 3. The quantitative estimate of drug-likeness (QED) is 0.831. The minimum atomic E-state index is -0.0709. The molecule has 7 heteroatoms. The Kier molecular flexibility index (Phi) is 5.32. The SMILES string of the molecule is Cc1ncn(CC2CCN(C(=O)C3NNC4CCCCC43)CC2)c(=O)c1C. The summed E-state index contributed by atoms with van der Waals surface area (Å²) in [6.07, 6.45) is 8.35. The van der Waals surface area contributed by atoms with Crippen LogP contribution in [-0.2, 0) is 11.3 Å². The van der Waals surface area contributed by atoms with Gasteiger partial charge in [0.05, 0.1) is 6.33 Å². The van der Waals surface area contributed by atoms with Gasteiger partial charge in [-0.2, -0.15) is 0 Å². The van der Waals surface area contributed by atoms with Crippen molar-refractivity contribution in [2.45, 2.75) is 71.0 Å². The maximum atomic E-state index is 13.0. The number of hydrogen-bond acceptors (Lipinski definition) is 5. The van der Waals surface area contributed by atoms with Gasteiger partial charge in [-0.3, -0.25) is 19.6 Å². The molecule has 1 aromatic heterocycles. The molecule has 2 aliphatic heterocycles. The van der Waals surface area contributed by atoms with E-state index in [1.807, 2.05) is 18.7 Å². The average Bonchev–Trinajstić information content (AvgIpc) is 3.12. The molecule has 3 heterocycles. The van der Waals surface area contributed by atoms with Crippen molar-refractivity contribution >= 4 is 5.91 Å². The van der Waals surface area contributed by atoms with E-state index in [1.165, 1.54) is 19.3 Å². The van der Waals surface area contributed by atoms with E-state index in [0.717, 1.165) is 43.6 Å². The van der Waals surface area contributed by atoms with Crippen LogP contribution in [0.5, 0.6) is 0 Å². The van der Waals surface area contributed by atoms with Crippen LogP contribution in [0.15, 0.2) is 11.1 Å². The van der Waals surface area contributed by atoms with Crippen LogP contribution in [0.1, 0.15) is 49.8 Å². The third-order valence-electron chi connectivity index (χ3n) is 6.83. The molecule has 3 fully saturated rings. The van der Waals surface area contributed by atoms with E-state index in [9.17, 15) is 9.59 Å².